The number of nitrogens with one attached hydrogen (secondary N) is 1. The number of likely N-dealkylation sites (N-methyl/N-ethyl adjacent to an activating group) is 1. The monoisotopic (exact) mass is 1630 g/mol. The standard InChI is InChI=1S/2C33H43F2N3O2.C31H39F2N3O2/c1-21(39)36-32(5,6)28-18-33(27-10-8-7-9-24(27)28)13-15-37(16-14-33)30(40)26-20-38(31(2,3)4)19-25(26)23-12-11-22(34)17-29(23)35;1-21(2)38(22(3)39)30-17-23-9-7-8-10-28(23)33(30)13-15-36(16-14-33)31(40)27-20-37(32(4,5)6)19-26(27)25-12-11-24(34)18-29(25)35;1-19-7-9-22-25(15-19)31(28(37)27(22)34(5)6)11-13-35(14-12-31)29(38)24-18-36(30(2,3)4)17-23(24)21-10-8-20(32)16-26(21)33/h7-12,17,25-26,28H,13-16,18-20H2,1-6H3,(H,36,39);7-12,18,21,26-27,30H,13-17,19-20H2,1-6H3;7-10,15-16,23-24,27H,11-14,17-18H2,1-6H3/t25-,26+,28?;26-,27+,30+;23-,24+,27?/m000/s1. The molecule has 15 rings (SSSR count). The molecular weight excluding hydrogens is 1500 g/mol. The number of halogens is 6. The van der Waals surface area contributed by atoms with Gasteiger partial charge in [-0.2, -0.15) is 0 Å². The molecule has 1 N–H and O–H groups in total. The maximum atomic E-state index is 15.0. The van der Waals surface area contributed by atoms with Crippen molar-refractivity contribution >= 4 is 35.3 Å². The van der Waals surface area contributed by atoms with E-state index in [1.54, 1.807) is 13.8 Å². The summed E-state index contributed by atoms with van der Waals surface area (Å²) in [6.07, 6.45) is 6.21. The average Bonchev–Trinajstić information content (AvgIpc) is 1.57. The number of likely N-dealkylation sites (tertiary alicyclic amines) is 6. The number of aryl methyl sites for hydroxylation is 1. The molecule has 6 heterocycles. The Bertz CT molecular complexity index is 4770. The zero-order valence-electron chi connectivity index (χ0n) is 72.8. The molecule has 21 heteroatoms. The Labute approximate surface area is 696 Å². The number of fused-ring (bicyclic) bond motifs is 6. The number of carbonyl (C=O) groups is 6. The van der Waals surface area contributed by atoms with Crippen LogP contribution in [0.25, 0.3) is 0 Å². The summed E-state index contributed by atoms with van der Waals surface area (Å²) in [7, 11) is 3.89. The highest BCUT2D eigenvalue weighted by Crippen LogP contribution is 2.57. The van der Waals surface area contributed by atoms with Crippen LogP contribution in [-0.2, 0) is 51.4 Å². The third-order valence-corrected chi connectivity index (χ3v) is 28.8. The molecule has 15 nitrogen and oxygen atoms in total. The van der Waals surface area contributed by atoms with Gasteiger partial charge in [-0.3, -0.25) is 48.4 Å². The first-order valence-corrected chi connectivity index (χ1v) is 42.9. The van der Waals surface area contributed by atoms with Crippen molar-refractivity contribution in [1.82, 2.24) is 44.5 Å². The molecule has 6 fully saturated rings. The smallest absolute Gasteiger partial charge is 0.227 e. The molecule has 9 atom stereocenters. The van der Waals surface area contributed by atoms with E-state index in [4.69, 9.17) is 0 Å². The molecule has 6 saturated heterocycles. The van der Waals surface area contributed by atoms with Crippen molar-refractivity contribution in [2.75, 3.05) is 92.6 Å². The molecule has 3 spiro atoms. The van der Waals surface area contributed by atoms with Crippen LogP contribution in [0.15, 0.2) is 121 Å². The lowest BCUT2D eigenvalue weighted by Crippen LogP contribution is -2.58. The van der Waals surface area contributed by atoms with Crippen LogP contribution in [-0.4, -0.2) is 201 Å². The van der Waals surface area contributed by atoms with Crippen LogP contribution in [0.4, 0.5) is 26.3 Å². The van der Waals surface area contributed by atoms with Crippen molar-refractivity contribution in [1.29, 1.82) is 0 Å². The number of benzene rings is 6. The van der Waals surface area contributed by atoms with Gasteiger partial charge < -0.3 is 24.9 Å². The quantitative estimate of drug-likeness (QED) is 0.125. The first-order chi connectivity index (χ1) is 55.4. The number of amides is 5. The van der Waals surface area contributed by atoms with E-state index in [0.717, 1.165) is 73.4 Å². The summed E-state index contributed by atoms with van der Waals surface area (Å²) < 4.78 is 86.0. The maximum Gasteiger partial charge on any atom is 0.227 e. The Hall–Kier alpha value is -8.24. The summed E-state index contributed by atoms with van der Waals surface area (Å²) in [4.78, 5) is 97.5. The lowest BCUT2D eigenvalue weighted by Gasteiger charge is -2.48. The van der Waals surface area contributed by atoms with Gasteiger partial charge in [-0.1, -0.05) is 90.5 Å². The summed E-state index contributed by atoms with van der Waals surface area (Å²) in [6.45, 7) is 39.3. The summed E-state index contributed by atoms with van der Waals surface area (Å²) in [6, 6.07) is 34.4. The Morgan fingerprint density at radius 1 is 0.475 bits per heavy atom. The van der Waals surface area contributed by atoms with Gasteiger partial charge in [0.25, 0.3) is 0 Å². The number of nitrogens with zero attached hydrogens (tertiary/aromatic N) is 8. The van der Waals surface area contributed by atoms with Crippen LogP contribution in [0, 0.1) is 59.6 Å². The fourth-order valence-electron chi connectivity index (χ4n) is 22.4. The fourth-order valence-corrected chi connectivity index (χ4v) is 22.4. The van der Waals surface area contributed by atoms with Crippen LogP contribution >= 0.6 is 0 Å². The van der Waals surface area contributed by atoms with Gasteiger partial charge in [-0.05, 0) is 236 Å². The maximum absolute atomic E-state index is 15.0. The minimum Gasteiger partial charge on any atom is -0.351 e. The molecule has 5 amide bonds. The molecule has 6 aliphatic heterocycles. The lowest BCUT2D eigenvalue weighted by atomic mass is 9.70. The van der Waals surface area contributed by atoms with E-state index in [1.165, 1.54) is 58.7 Å². The Morgan fingerprint density at radius 3 is 1.27 bits per heavy atom. The molecular formula is C97H125F6N9O6. The minimum atomic E-state index is -0.617. The predicted molar refractivity (Wildman–Crippen MR) is 450 cm³/mol. The van der Waals surface area contributed by atoms with Crippen LogP contribution in [0.5, 0.6) is 0 Å². The molecule has 3 aliphatic carbocycles. The molecule has 9 aliphatic rings. The second-order valence-corrected chi connectivity index (χ2v) is 39.8. The predicted octanol–water partition coefficient (Wildman–Crippen LogP) is 16.1. The van der Waals surface area contributed by atoms with Crippen molar-refractivity contribution < 1.29 is 55.1 Å². The van der Waals surface area contributed by atoms with E-state index in [9.17, 15) is 55.1 Å². The van der Waals surface area contributed by atoms with E-state index >= 15 is 0 Å². The molecule has 2 unspecified atom stereocenters. The van der Waals surface area contributed by atoms with Gasteiger partial charge in [0.15, 0.2) is 5.78 Å². The number of rotatable bonds is 11. The Morgan fingerprint density at radius 2 is 0.873 bits per heavy atom. The van der Waals surface area contributed by atoms with E-state index in [-0.39, 0.29) is 116 Å². The van der Waals surface area contributed by atoms with Crippen LogP contribution in [0.2, 0.25) is 0 Å². The highest BCUT2D eigenvalue weighted by molar-refractivity contribution is 6.00. The molecule has 0 aromatic heterocycles. The molecule has 6 aromatic rings. The van der Waals surface area contributed by atoms with Crippen LogP contribution in [0.1, 0.15) is 234 Å². The Balaban J connectivity index is 0.000000154. The number of hydrogen-bond acceptors (Lipinski definition) is 10. The normalized spacial score (nSPS) is 24.9. The van der Waals surface area contributed by atoms with Crippen molar-refractivity contribution in [3.63, 3.8) is 0 Å². The fraction of sp³-hybridized carbons (Fsp3) is 0.567. The summed E-state index contributed by atoms with van der Waals surface area (Å²) in [5.74, 6) is -5.22. The Kier molecular flexibility index (Phi) is 24.7. The van der Waals surface area contributed by atoms with Crippen LogP contribution in [0.3, 0.4) is 0 Å². The topological polar surface area (TPSA) is 140 Å². The van der Waals surface area contributed by atoms with Gasteiger partial charge in [0.2, 0.25) is 29.5 Å². The molecule has 0 radical (unpaired) electrons. The van der Waals surface area contributed by atoms with Gasteiger partial charge in [-0.15, -0.1) is 0 Å². The van der Waals surface area contributed by atoms with E-state index in [1.807, 2.05) is 38.6 Å². The van der Waals surface area contributed by atoms with Gasteiger partial charge in [0.1, 0.15) is 34.9 Å². The largest absolute Gasteiger partial charge is 0.351 e. The van der Waals surface area contributed by atoms with Crippen molar-refractivity contribution in [2.24, 2.45) is 17.8 Å². The van der Waals surface area contributed by atoms with Gasteiger partial charge >= 0.3 is 0 Å². The summed E-state index contributed by atoms with van der Waals surface area (Å²) >= 11 is 0. The highest BCUT2D eigenvalue weighted by atomic mass is 19.2. The SMILES string of the molecule is CC(=O)N(C(C)C)[C@@H]1Cc2ccccc2C12CCN(C(=O)[C@@H]1CN(C(C)(C)C)C[C@H]1c1ccc(F)cc1F)CC2.CC(=O)NC(C)(C)C1CC2(CCN(C(=O)[C@@H]3CN(C(C)(C)C)C[C@H]3c3ccc(F)cc3F)CC2)c2ccccc21.Cc1ccc2c(c1)C1(CCN(C(=O)[C@@H]3CN(C(C)(C)C)C[C@H]3c3ccc(F)cc3F)CC1)C(=O)C2N(C)C. The molecule has 118 heavy (non-hydrogen) atoms. The molecule has 0 saturated carbocycles. The molecule has 636 valence electrons. The zero-order valence-corrected chi connectivity index (χ0v) is 72.8. The number of hydrogen-bond donors (Lipinski definition) is 1. The zero-order chi connectivity index (χ0) is 85.6. The average molecular weight is 1630 g/mol. The van der Waals surface area contributed by atoms with Gasteiger partial charge in [-0.25, -0.2) is 26.3 Å². The lowest BCUT2D eigenvalue weighted by molar-refractivity contribution is -0.140. The third kappa shape index (κ3) is 16.9. The molecule has 6 aromatic carbocycles. The summed E-state index contributed by atoms with van der Waals surface area (Å²) in [5, 5.41) is 3.17. The number of carbonyl (C=O) groups excluding carboxylic acids is 6. The second kappa shape index (κ2) is 33.3. The van der Waals surface area contributed by atoms with Crippen molar-refractivity contribution in [2.45, 2.75) is 242 Å². The van der Waals surface area contributed by atoms with E-state index in [2.05, 4.69) is 184 Å². The molecule has 0 bridgehead atoms. The van der Waals surface area contributed by atoms with E-state index in [0.29, 0.717) is 108 Å². The number of piperidine rings is 3. The third-order valence-electron chi connectivity index (χ3n) is 28.8. The number of ketones is 1. The number of Topliss-reactive ketones (excluding diaryl/α,β-unsaturated/α-hetero) is 1. The first-order valence-electron chi connectivity index (χ1n) is 42.9. The van der Waals surface area contributed by atoms with Gasteiger partial charge in [0.05, 0.1) is 29.2 Å². The van der Waals surface area contributed by atoms with Crippen molar-refractivity contribution in [3.8, 4) is 0 Å². The first kappa shape index (κ1) is 87.6. The van der Waals surface area contributed by atoms with Crippen LogP contribution < -0.4 is 5.32 Å². The van der Waals surface area contributed by atoms with E-state index < -0.39 is 52.2 Å². The minimum absolute atomic E-state index is 0.000559. The van der Waals surface area contributed by atoms with Crippen molar-refractivity contribution in [3.05, 3.63) is 212 Å². The second-order valence-electron chi connectivity index (χ2n) is 39.8. The summed E-state index contributed by atoms with van der Waals surface area (Å²) in [5.41, 5.74) is 8.07. The van der Waals surface area contributed by atoms with Gasteiger partial charge in [0, 0.05) is 174 Å². The highest BCUT2D eigenvalue weighted by Gasteiger charge is 2.58.